The lowest BCUT2D eigenvalue weighted by atomic mass is 9.85. The van der Waals surface area contributed by atoms with Gasteiger partial charge in [-0.2, -0.15) is 11.8 Å². The predicted molar refractivity (Wildman–Crippen MR) is 86.9 cm³/mol. The molecule has 0 heterocycles. The van der Waals surface area contributed by atoms with Crippen LogP contribution in [0.2, 0.25) is 0 Å². The minimum Gasteiger partial charge on any atom is -0.309 e. The van der Waals surface area contributed by atoms with Crippen LogP contribution in [0.1, 0.15) is 50.3 Å². The second kappa shape index (κ2) is 6.81. The molecule has 2 heteroatoms. The van der Waals surface area contributed by atoms with E-state index >= 15 is 0 Å². The van der Waals surface area contributed by atoms with Crippen LogP contribution in [0.3, 0.4) is 0 Å². The van der Waals surface area contributed by atoms with E-state index in [-0.39, 0.29) is 0 Å². The van der Waals surface area contributed by atoms with E-state index < -0.39 is 0 Å². The van der Waals surface area contributed by atoms with E-state index in [9.17, 15) is 0 Å². The van der Waals surface area contributed by atoms with Gasteiger partial charge in [-0.1, -0.05) is 44.5 Å². The van der Waals surface area contributed by atoms with Crippen molar-refractivity contribution in [1.82, 2.24) is 5.32 Å². The van der Waals surface area contributed by atoms with Crippen LogP contribution < -0.4 is 5.32 Å². The Balaban J connectivity index is 1.85. The molecule has 1 atom stereocenters. The summed E-state index contributed by atoms with van der Waals surface area (Å²) in [6, 6.07) is 9.46. The summed E-state index contributed by atoms with van der Waals surface area (Å²) in [6.45, 7) is 5.92. The lowest BCUT2D eigenvalue weighted by molar-refractivity contribution is 0.268. The first-order valence-electron chi connectivity index (χ1n) is 7.45. The van der Waals surface area contributed by atoms with Crippen LogP contribution in [-0.4, -0.2) is 18.6 Å². The molecule has 1 N–H and O–H groups in total. The number of unbranched alkanes of at least 4 members (excludes halogenated alkanes) is 2. The summed E-state index contributed by atoms with van der Waals surface area (Å²) in [7, 11) is 0. The summed E-state index contributed by atoms with van der Waals surface area (Å²) in [5.41, 5.74) is 3.41. The summed E-state index contributed by atoms with van der Waals surface area (Å²) < 4.78 is 0. The highest BCUT2D eigenvalue weighted by atomic mass is 32.2. The molecule has 0 amide bonds. The van der Waals surface area contributed by atoms with Gasteiger partial charge in [0.15, 0.2) is 0 Å². The molecule has 0 aliphatic heterocycles. The molecule has 1 aromatic rings. The van der Waals surface area contributed by atoms with Gasteiger partial charge in [0.25, 0.3) is 0 Å². The third kappa shape index (κ3) is 3.76. The smallest absolute Gasteiger partial charge is 0.0377 e. The third-order valence-electron chi connectivity index (χ3n) is 4.17. The molecule has 2 rings (SSSR count). The van der Waals surface area contributed by atoms with Gasteiger partial charge < -0.3 is 5.32 Å². The molecule has 0 aromatic heterocycles. The third-order valence-corrected chi connectivity index (χ3v) is 4.86. The number of hydrogen-bond donors (Lipinski definition) is 1. The van der Waals surface area contributed by atoms with Crippen molar-refractivity contribution in [3.63, 3.8) is 0 Å². The summed E-state index contributed by atoms with van der Waals surface area (Å²) in [5.74, 6) is 1.30. The summed E-state index contributed by atoms with van der Waals surface area (Å²) >= 11 is 1.96. The average molecular weight is 277 g/mol. The van der Waals surface area contributed by atoms with Crippen molar-refractivity contribution >= 4 is 11.8 Å². The zero-order valence-electron chi connectivity index (χ0n) is 12.5. The van der Waals surface area contributed by atoms with Gasteiger partial charge >= 0.3 is 0 Å². The van der Waals surface area contributed by atoms with Crippen LogP contribution in [0.25, 0.3) is 0 Å². The Morgan fingerprint density at radius 3 is 2.79 bits per heavy atom. The van der Waals surface area contributed by atoms with Crippen molar-refractivity contribution in [1.29, 1.82) is 0 Å². The SMILES string of the molecule is CSCCCCCNC1c2ccccc2CC1(C)C. The maximum Gasteiger partial charge on any atom is 0.0377 e. The largest absolute Gasteiger partial charge is 0.309 e. The van der Waals surface area contributed by atoms with Crippen molar-refractivity contribution in [2.24, 2.45) is 5.41 Å². The van der Waals surface area contributed by atoms with E-state index in [1.807, 2.05) is 11.8 Å². The van der Waals surface area contributed by atoms with Gasteiger partial charge in [-0.3, -0.25) is 0 Å². The maximum atomic E-state index is 3.80. The van der Waals surface area contributed by atoms with Crippen molar-refractivity contribution in [3.05, 3.63) is 35.4 Å². The molecule has 1 aliphatic carbocycles. The fourth-order valence-corrected chi connectivity index (χ4v) is 3.66. The van der Waals surface area contributed by atoms with Gasteiger partial charge in [-0.15, -0.1) is 0 Å². The Kier molecular flexibility index (Phi) is 5.35. The fraction of sp³-hybridized carbons (Fsp3) is 0.647. The van der Waals surface area contributed by atoms with Crippen molar-refractivity contribution in [2.45, 2.75) is 45.6 Å². The first-order chi connectivity index (χ1) is 9.15. The highest BCUT2D eigenvalue weighted by Gasteiger charge is 2.37. The summed E-state index contributed by atoms with van der Waals surface area (Å²) in [4.78, 5) is 0. The molecule has 0 bridgehead atoms. The zero-order valence-corrected chi connectivity index (χ0v) is 13.4. The topological polar surface area (TPSA) is 12.0 Å². The number of thioether (sulfide) groups is 1. The van der Waals surface area contributed by atoms with E-state index in [0.29, 0.717) is 11.5 Å². The molecular formula is C17H27NS. The Bertz CT molecular complexity index is 400. The molecule has 0 fully saturated rings. The minimum absolute atomic E-state index is 0.350. The zero-order chi connectivity index (χ0) is 13.7. The number of benzene rings is 1. The highest BCUT2D eigenvalue weighted by Crippen LogP contribution is 2.44. The van der Waals surface area contributed by atoms with Crippen LogP contribution >= 0.6 is 11.8 Å². The van der Waals surface area contributed by atoms with Crippen LogP contribution in [-0.2, 0) is 6.42 Å². The molecular weight excluding hydrogens is 250 g/mol. The van der Waals surface area contributed by atoms with Gasteiger partial charge in [-0.25, -0.2) is 0 Å². The number of fused-ring (bicyclic) bond motifs is 1. The first kappa shape index (κ1) is 14.9. The standard InChI is InChI=1S/C17H27NS/c1-17(2)13-14-9-5-6-10-15(14)16(17)18-11-7-4-8-12-19-3/h5-6,9-10,16,18H,4,7-8,11-13H2,1-3H3. The van der Waals surface area contributed by atoms with E-state index in [4.69, 9.17) is 0 Å². The Labute approximate surface area is 122 Å². The molecule has 0 spiro atoms. The van der Waals surface area contributed by atoms with Gasteiger partial charge in [0.1, 0.15) is 0 Å². The Morgan fingerprint density at radius 2 is 2.00 bits per heavy atom. The molecule has 0 saturated carbocycles. The van der Waals surface area contributed by atoms with E-state index in [1.165, 1.54) is 42.6 Å². The van der Waals surface area contributed by atoms with Crippen molar-refractivity contribution in [2.75, 3.05) is 18.6 Å². The molecule has 19 heavy (non-hydrogen) atoms. The van der Waals surface area contributed by atoms with Gasteiger partial charge in [0.05, 0.1) is 0 Å². The minimum atomic E-state index is 0.350. The number of hydrogen-bond acceptors (Lipinski definition) is 2. The fourth-order valence-electron chi connectivity index (χ4n) is 3.17. The number of nitrogens with one attached hydrogen (secondary N) is 1. The summed E-state index contributed by atoms with van der Waals surface area (Å²) in [6.07, 6.45) is 7.40. The van der Waals surface area contributed by atoms with Crippen molar-refractivity contribution < 1.29 is 0 Å². The van der Waals surface area contributed by atoms with E-state index in [2.05, 4.69) is 49.7 Å². The molecule has 1 aromatic carbocycles. The Hall–Kier alpha value is -0.470. The monoisotopic (exact) mass is 277 g/mol. The first-order valence-corrected chi connectivity index (χ1v) is 8.84. The van der Waals surface area contributed by atoms with Gasteiger partial charge in [0.2, 0.25) is 0 Å². The van der Waals surface area contributed by atoms with Crippen molar-refractivity contribution in [3.8, 4) is 0 Å². The molecule has 1 aliphatic rings. The Morgan fingerprint density at radius 1 is 1.21 bits per heavy atom. The molecule has 0 saturated heterocycles. The van der Waals surface area contributed by atoms with Gasteiger partial charge in [0, 0.05) is 6.04 Å². The predicted octanol–water partition coefficient (Wildman–Crippen LogP) is 4.43. The lowest BCUT2D eigenvalue weighted by Crippen LogP contribution is -2.31. The van der Waals surface area contributed by atoms with E-state index in [1.54, 1.807) is 0 Å². The summed E-state index contributed by atoms with van der Waals surface area (Å²) in [5, 5.41) is 3.80. The van der Waals surface area contributed by atoms with E-state index in [0.717, 1.165) is 6.54 Å². The van der Waals surface area contributed by atoms with Crippen LogP contribution in [0, 0.1) is 5.41 Å². The second-order valence-corrected chi connectivity index (χ2v) is 7.29. The quantitative estimate of drug-likeness (QED) is 0.740. The number of rotatable bonds is 7. The highest BCUT2D eigenvalue weighted by molar-refractivity contribution is 7.98. The normalized spacial score (nSPS) is 20.5. The molecule has 106 valence electrons. The van der Waals surface area contributed by atoms with Crippen LogP contribution in [0.15, 0.2) is 24.3 Å². The average Bonchev–Trinajstić information content (AvgIpc) is 2.64. The lowest BCUT2D eigenvalue weighted by Gasteiger charge is -2.28. The molecule has 0 radical (unpaired) electrons. The van der Waals surface area contributed by atoms with Crippen LogP contribution in [0.4, 0.5) is 0 Å². The molecule has 1 unspecified atom stereocenters. The molecule has 1 nitrogen and oxygen atoms in total. The van der Waals surface area contributed by atoms with Crippen LogP contribution in [0.5, 0.6) is 0 Å². The van der Waals surface area contributed by atoms with Gasteiger partial charge in [-0.05, 0) is 54.4 Å². The second-order valence-electron chi connectivity index (χ2n) is 6.30. The maximum absolute atomic E-state index is 3.80.